The third-order valence-electron chi connectivity index (χ3n) is 5.52. The van der Waals surface area contributed by atoms with Gasteiger partial charge in [0.25, 0.3) is 5.91 Å². The SMILES string of the molecule is CC1=NN(c2ccccc2)C(=O)/C1=C/c1cc(C)n(-c2ccc(C(=O)O)cc2C)c1C. The van der Waals surface area contributed by atoms with Crippen LogP contribution in [0, 0.1) is 20.8 Å². The zero-order valence-corrected chi connectivity index (χ0v) is 17.9. The number of amides is 1. The van der Waals surface area contributed by atoms with Gasteiger partial charge in [-0.2, -0.15) is 10.1 Å². The van der Waals surface area contributed by atoms with Crippen molar-refractivity contribution in [1.29, 1.82) is 0 Å². The lowest BCUT2D eigenvalue weighted by Gasteiger charge is -2.13. The van der Waals surface area contributed by atoms with Crippen LogP contribution in [0.15, 0.2) is 65.3 Å². The van der Waals surface area contributed by atoms with Crippen LogP contribution >= 0.6 is 0 Å². The number of hydrazone groups is 1. The lowest BCUT2D eigenvalue weighted by molar-refractivity contribution is -0.114. The standard InChI is InChI=1S/C25H23N3O3/c1-15-12-19(25(30)31)10-11-23(15)27-16(2)13-20(18(27)4)14-22-17(3)26-28(24(22)29)21-8-6-5-7-9-21/h5-14H,1-4H3,(H,30,31)/b22-14+. The Morgan fingerprint density at radius 1 is 1.00 bits per heavy atom. The maximum absolute atomic E-state index is 13.0. The highest BCUT2D eigenvalue weighted by molar-refractivity contribution is 6.32. The van der Waals surface area contributed by atoms with E-state index in [-0.39, 0.29) is 11.5 Å². The number of para-hydroxylation sites is 1. The van der Waals surface area contributed by atoms with E-state index in [1.54, 1.807) is 12.1 Å². The first-order chi connectivity index (χ1) is 14.8. The molecule has 0 radical (unpaired) electrons. The van der Waals surface area contributed by atoms with E-state index < -0.39 is 5.97 Å². The molecule has 0 saturated heterocycles. The summed E-state index contributed by atoms with van der Waals surface area (Å²) < 4.78 is 2.08. The van der Waals surface area contributed by atoms with E-state index in [0.717, 1.165) is 33.9 Å². The lowest BCUT2D eigenvalue weighted by atomic mass is 10.1. The van der Waals surface area contributed by atoms with Gasteiger partial charge in [-0.3, -0.25) is 4.79 Å². The number of nitrogens with zero attached hydrogens (tertiary/aromatic N) is 3. The van der Waals surface area contributed by atoms with Gasteiger partial charge in [0, 0.05) is 17.1 Å². The summed E-state index contributed by atoms with van der Waals surface area (Å²) in [7, 11) is 0. The van der Waals surface area contributed by atoms with E-state index in [4.69, 9.17) is 0 Å². The minimum atomic E-state index is -0.946. The zero-order valence-electron chi connectivity index (χ0n) is 17.9. The zero-order chi connectivity index (χ0) is 22.3. The number of hydrogen-bond acceptors (Lipinski definition) is 3. The molecule has 0 atom stereocenters. The van der Waals surface area contributed by atoms with Crippen LogP contribution in [0.25, 0.3) is 11.8 Å². The van der Waals surface area contributed by atoms with Crippen LogP contribution in [0.1, 0.15) is 39.8 Å². The second-order valence-electron chi connectivity index (χ2n) is 7.66. The molecule has 0 saturated carbocycles. The number of rotatable bonds is 4. The molecule has 2 aromatic carbocycles. The number of carboxylic acid groups (broad SMARTS) is 1. The molecule has 156 valence electrons. The molecule has 0 bridgehead atoms. The van der Waals surface area contributed by atoms with E-state index in [9.17, 15) is 14.7 Å². The molecule has 0 spiro atoms. The molecule has 1 aliphatic heterocycles. The third-order valence-corrected chi connectivity index (χ3v) is 5.52. The Labute approximate surface area is 180 Å². The number of carboxylic acids is 1. The van der Waals surface area contributed by atoms with Crippen LogP contribution in [0.2, 0.25) is 0 Å². The smallest absolute Gasteiger partial charge is 0.335 e. The van der Waals surface area contributed by atoms with Gasteiger partial charge in [-0.05, 0) is 81.3 Å². The number of hydrogen-bond donors (Lipinski definition) is 1. The van der Waals surface area contributed by atoms with Gasteiger partial charge in [0.15, 0.2) is 0 Å². The molecule has 31 heavy (non-hydrogen) atoms. The van der Waals surface area contributed by atoms with Crippen LogP contribution < -0.4 is 5.01 Å². The average molecular weight is 413 g/mol. The van der Waals surface area contributed by atoms with Crippen LogP contribution in [0.3, 0.4) is 0 Å². The second kappa shape index (κ2) is 7.72. The Kier molecular flexibility index (Phi) is 5.07. The summed E-state index contributed by atoms with van der Waals surface area (Å²) in [6.45, 7) is 7.71. The topological polar surface area (TPSA) is 74.9 Å². The monoisotopic (exact) mass is 413 g/mol. The summed E-state index contributed by atoms with van der Waals surface area (Å²) in [6.07, 6.45) is 1.88. The van der Waals surface area contributed by atoms with Gasteiger partial charge >= 0.3 is 5.97 Å². The summed E-state index contributed by atoms with van der Waals surface area (Å²) in [4.78, 5) is 24.3. The molecular weight excluding hydrogens is 390 g/mol. The number of anilines is 1. The summed E-state index contributed by atoms with van der Waals surface area (Å²) in [6, 6.07) is 16.5. The van der Waals surface area contributed by atoms with Crippen molar-refractivity contribution >= 4 is 29.4 Å². The maximum atomic E-state index is 13.0. The average Bonchev–Trinajstić information content (AvgIpc) is 3.18. The van der Waals surface area contributed by atoms with Gasteiger partial charge in [0.1, 0.15) is 0 Å². The highest BCUT2D eigenvalue weighted by Gasteiger charge is 2.29. The minimum absolute atomic E-state index is 0.157. The summed E-state index contributed by atoms with van der Waals surface area (Å²) in [5, 5.41) is 15.1. The van der Waals surface area contributed by atoms with Gasteiger partial charge in [0.05, 0.1) is 22.5 Å². The van der Waals surface area contributed by atoms with Gasteiger partial charge in [0.2, 0.25) is 0 Å². The lowest BCUT2D eigenvalue weighted by Crippen LogP contribution is -2.21. The number of carbonyl (C=O) groups excluding carboxylic acids is 1. The molecule has 2 heterocycles. The Bertz CT molecular complexity index is 1270. The van der Waals surface area contributed by atoms with Crippen LogP contribution in [-0.2, 0) is 4.79 Å². The first kappa shape index (κ1) is 20.3. The maximum Gasteiger partial charge on any atom is 0.335 e. The van der Waals surface area contributed by atoms with Crippen molar-refractivity contribution in [2.45, 2.75) is 27.7 Å². The van der Waals surface area contributed by atoms with Gasteiger partial charge in [-0.25, -0.2) is 4.79 Å². The Balaban J connectivity index is 1.73. The fourth-order valence-corrected chi connectivity index (χ4v) is 3.93. The molecule has 6 nitrogen and oxygen atoms in total. The number of carbonyl (C=O) groups is 2. The fraction of sp³-hybridized carbons (Fsp3) is 0.160. The van der Waals surface area contributed by atoms with E-state index >= 15 is 0 Å². The normalized spacial score (nSPS) is 15.0. The van der Waals surface area contributed by atoms with Crippen molar-refractivity contribution in [1.82, 2.24) is 4.57 Å². The van der Waals surface area contributed by atoms with E-state index in [2.05, 4.69) is 9.67 Å². The second-order valence-corrected chi connectivity index (χ2v) is 7.66. The molecule has 3 aromatic rings. The predicted molar refractivity (Wildman–Crippen MR) is 122 cm³/mol. The fourth-order valence-electron chi connectivity index (χ4n) is 3.93. The van der Waals surface area contributed by atoms with Crippen molar-refractivity contribution in [3.8, 4) is 5.69 Å². The quantitative estimate of drug-likeness (QED) is 0.618. The first-order valence-corrected chi connectivity index (χ1v) is 9.98. The van der Waals surface area contributed by atoms with Gasteiger partial charge < -0.3 is 9.67 Å². The number of aromatic nitrogens is 1. The molecule has 0 fully saturated rings. The number of aromatic carboxylic acids is 1. The molecular formula is C25H23N3O3. The molecule has 1 aliphatic rings. The van der Waals surface area contributed by atoms with Crippen LogP contribution in [0.5, 0.6) is 0 Å². The van der Waals surface area contributed by atoms with Crippen LogP contribution in [-0.4, -0.2) is 27.3 Å². The number of aryl methyl sites for hydroxylation is 2. The summed E-state index contributed by atoms with van der Waals surface area (Å²) >= 11 is 0. The van der Waals surface area contributed by atoms with E-state index in [1.165, 1.54) is 5.01 Å². The molecule has 6 heteroatoms. The Morgan fingerprint density at radius 2 is 1.71 bits per heavy atom. The molecule has 4 rings (SSSR count). The van der Waals surface area contributed by atoms with E-state index in [1.807, 2.05) is 76.2 Å². The van der Waals surface area contributed by atoms with Crippen molar-refractivity contribution in [3.63, 3.8) is 0 Å². The molecule has 1 amide bonds. The predicted octanol–water partition coefficient (Wildman–Crippen LogP) is 4.91. The highest BCUT2D eigenvalue weighted by Crippen LogP contribution is 2.29. The van der Waals surface area contributed by atoms with Gasteiger partial charge in [-0.15, -0.1) is 0 Å². The molecule has 0 unspecified atom stereocenters. The number of benzene rings is 2. The van der Waals surface area contributed by atoms with Crippen molar-refractivity contribution < 1.29 is 14.7 Å². The Morgan fingerprint density at radius 3 is 2.35 bits per heavy atom. The largest absolute Gasteiger partial charge is 0.478 e. The minimum Gasteiger partial charge on any atom is -0.478 e. The molecule has 1 aromatic heterocycles. The van der Waals surface area contributed by atoms with Crippen molar-refractivity contribution in [2.24, 2.45) is 5.10 Å². The highest BCUT2D eigenvalue weighted by atomic mass is 16.4. The van der Waals surface area contributed by atoms with Crippen molar-refractivity contribution in [3.05, 3.63) is 88.2 Å². The van der Waals surface area contributed by atoms with Crippen molar-refractivity contribution in [2.75, 3.05) is 5.01 Å². The van der Waals surface area contributed by atoms with E-state index in [0.29, 0.717) is 11.3 Å². The summed E-state index contributed by atoms with van der Waals surface area (Å²) in [5.41, 5.74) is 6.88. The van der Waals surface area contributed by atoms with Crippen LogP contribution in [0.4, 0.5) is 5.69 Å². The van der Waals surface area contributed by atoms with Gasteiger partial charge in [-0.1, -0.05) is 18.2 Å². The summed E-state index contributed by atoms with van der Waals surface area (Å²) in [5.74, 6) is -1.10. The molecule has 0 aliphatic carbocycles. The first-order valence-electron chi connectivity index (χ1n) is 9.98. The molecule has 1 N–H and O–H groups in total. The third kappa shape index (κ3) is 3.57. The Hall–Kier alpha value is -3.93.